The number of nitrogens with zero attached hydrogens (tertiary/aromatic N) is 3. The van der Waals surface area contributed by atoms with Crippen LogP contribution in [-0.2, 0) is 6.42 Å². The van der Waals surface area contributed by atoms with Crippen molar-refractivity contribution in [2.75, 3.05) is 41.3 Å². The summed E-state index contributed by atoms with van der Waals surface area (Å²) >= 11 is 1.74. The van der Waals surface area contributed by atoms with Crippen molar-refractivity contribution in [1.82, 2.24) is 20.5 Å². The third-order valence-corrected chi connectivity index (χ3v) is 5.08. The molecule has 1 aromatic heterocycles. The molecule has 7 heteroatoms. The van der Waals surface area contributed by atoms with Gasteiger partial charge in [0.1, 0.15) is 5.75 Å². The van der Waals surface area contributed by atoms with E-state index in [-0.39, 0.29) is 6.04 Å². The molecule has 6 nitrogen and oxygen atoms in total. The van der Waals surface area contributed by atoms with Crippen molar-refractivity contribution in [1.29, 1.82) is 0 Å². The van der Waals surface area contributed by atoms with Gasteiger partial charge in [0.05, 0.1) is 18.2 Å². The first kappa shape index (κ1) is 20.2. The number of aliphatic imine (C=N–C) groups is 1. The quantitative estimate of drug-likeness (QED) is 0.548. The van der Waals surface area contributed by atoms with Crippen LogP contribution < -0.4 is 15.4 Å². The van der Waals surface area contributed by atoms with Crippen molar-refractivity contribution < 1.29 is 4.74 Å². The molecule has 1 atom stereocenters. The Kier molecular flexibility index (Phi) is 7.87. The maximum atomic E-state index is 5.52. The third-order valence-electron chi connectivity index (χ3n) is 4.11. The van der Waals surface area contributed by atoms with Crippen molar-refractivity contribution in [2.24, 2.45) is 4.99 Å². The fourth-order valence-electron chi connectivity index (χ4n) is 2.73. The van der Waals surface area contributed by atoms with Crippen molar-refractivity contribution >= 4 is 17.3 Å². The van der Waals surface area contributed by atoms with E-state index in [1.165, 1.54) is 4.88 Å². The number of guanidine groups is 1. The summed E-state index contributed by atoms with van der Waals surface area (Å²) in [6.07, 6.45) is 2.81. The minimum atomic E-state index is 0.173. The Labute approximate surface area is 160 Å². The largest absolute Gasteiger partial charge is 0.496 e. The molecule has 0 aliphatic heterocycles. The molecule has 0 fully saturated rings. The minimum Gasteiger partial charge on any atom is -0.496 e. The number of benzene rings is 1. The summed E-state index contributed by atoms with van der Waals surface area (Å²) in [6.45, 7) is 3.60. The predicted molar refractivity (Wildman–Crippen MR) is 109 cm³/mol. The summed E-state index contributed by atoms with van der Waals surface area (Å²) in [4.78, 5) is 12.1. The Morgan fingerprint density at radius 3 is 2.69 bits per heavy atom. The first-order valence-electron chi connectivity index (χ1n) is 8.70. The van der Waals surface area contributed by atoms with Gasteiger partial charge in [0.2, 0.25) is 0 Å². The van der Waals surface area contributed by atoms with Crippen LogP contribution in [0.15, 0.2) is 35.5 Å². The van der Waals surface area contributed by atoms with Crippen LogP contribution >= 0.6 is 11.3 Å². The first-order chi connectivity index (χ1) is 12.5. The number of aromatic nitrogens is 1. The Bertz CT molecular complexity index is 713. The van der Waals surface area contributed by atoms with Crippen LogP contribution in [0.2, 0.25) is 0 Å². The number of hydrogen-bond acceptors (Lipinski definition) is 5. The highest BCUT2D eigenvalue weighted by Crippen LogP contribution is 2.27. The molecule has 0 radical (unpaired) electrons. The van der Waals surface area contributed by atoms with Crippen LogP contribution in [0, 0.1) is 6.92 Å². The zero-order valence-corrected chi connectivity index (χ0v) is 17.1. The van der Waals surface area contributed by atoms with Gasteiger partial charge < -0.3 is 20.3 Å². The molecule has 1 unspecified atom stereocenters. The van der Waals surface area contributed by atoms with E-state index in [9.17, 15) is 0 Å². The van der Waals surface area contributed by atoms with Crippen molar-refractivity contribution in [3.63, 3.8) is 0 Å². The maximum Gasteiger partial charge on any atom is 0.191 e. The molecule has 2 N–H and O–H groups in total. The summed E-state index contributed by atoms with van der Waals surface area (Å²) in [5, 5.41) is 7.92. The number of hydrogen-bond donors (Lipinski definition) is 2. The normalized spacial score (nSPS) is 12.9. The lowest BCUT2D eigenvalue weighted by molar-refractivity contribution is 0.288. The van der Waals surface area contributed by atoms with E-state index >= 15 is 0 Å². The fraction of sp³-hybridized carbons (Fsp3) is 0.474. The van der Waals surface area contributed by atoms with Crippen LogP contribution in [0.25, 0.3) is 0 Å². The van der Waals surface area contributed by atoms with E-state index in [0.29, 0.717) is 0 Å². The van der Waals surface area contributed by atoms with Crippen LogP contribution in [-0.4, -0.2) is 57.2 Å². The van der Waals surface area contributed by atoms with Gasteiger partial charge in [-0.25, -0.2) is 4.98 Å². The number of thiazole rings is 1. The molecule has 142 valence electrons. The second kappa shape index (κ2) is 10.1. The molecule has 0 bridgehead atoms. The zero-order valence-electron chi connectivity index (χ0n) is 16.2. The molecular formula is C19H29N5OS. The van der Waals surface area contributed by atoms with Gasteiger partial charge >= 0.3 is 0 Å². The predicted octanol–water partition coefficient (Wildman–Crippen LogP) is 2.47. The van der Waals surface area contributed by atoms with Gasteiger partial charge in [-0.3, -0.25) is 4.99 Å². The number of nitrogens with one attached hydrogen (secondary N) is 2. The number of para-hydroxylation sites is 1. The zero-order chi connectivity index (χ0) is 18.9. The molecule has 0 saturated carbocycles. The Morgan fingerprint density at radius 1 is 1.31 bits per heavy atom. The molecule has 0 aliphatic rings. The molecule has 0 spiro atoms. The van der Waals surface area contributed by atoms with Gasteiger partial charge in [0.15, 0.2) is 5.96 Å². The van der Waals surface area contributed by atoms with E-state index in [2.05, 4.69) is 52.6 Å². The lowest BCUT2D eigenvalue weighted by Crippen LogP contribution is -2.42. The summed E-state index contributed by atoms with van der Waals surface area (Å²) in [6, 6.07) is 8.30. The molecule has 2 rings (SSSR count). The number of aryl methyl sites for hydroxylation is 1. The van der Waals surface area contributed by atoms with Crippen LogP contribution in [0.3, 0.4) is 0 Å². The van der Waals surface area contributed by atoms with Gasteiger partial charge in [-0.1, -0.05) is 18.2 Å². The number of methoxy groups -OCH3 is 1. The van der Waals surface area contributed by atoms with E-state index in [1.807, 2.05) is 24.4 Å². The minimum absolute atomic E-state index is 0.173. The number of likely N-dealkylation sites (N-methyl/N-ethyl adjacent to an activating group) is 1. The average Bonchev–Trinajstić information content (AvgIpc) is 3.05. The Balaban J connectivity index is 1.91. The molecular weight excluding hydrogens is 346 g/mol. The second-order valence-electron chi connectivity index (χ2n) is 6.22. The highest BCUT2D eigenvalue weighted by Gasteiger charge is 2.18. The lowest BCUT2D eigenvalue weighted by atomic mass is 10.0. The van der Waals surface area contributed by atoms with Gasteiger partial charge in [0.25, 0.3) is 0 Å². The van der Waals surface area contributed by atoms with Gasteiger partial charge in [-0.05, 0) is 27.1 Å². The average molecular weight is 376 g/mol. The van der Waals surface area contributed by atoms with Crippen LogP contribution in [0.5, 0.6) is 5.75 Å². The standard InChI is InChI=1S/C19H29N5OS/c1-14-12-22-18(26-14)10-11-21-19(20-2)23-13-16(24(3)4)15-8-6-7-9-17(15)25-5/h6-9,12,16H,10-11,13H2,1-5H3,(H2,20,21,23). The van der Waals surface area contributed by atoms with Crippen LogP contribution in [0.1, 0.15) is 21.5 Å². The van der Waals surface area contributed by atoms with Crippen molar-refractivity contribution in [3.05, 3.63) is 45.9 Å². The smallest absolute Gasteiger partial charge is 0.191 e. The molecule has 1 heterocycles. The van der Waals surface area contributed by atoms with E-state index in [0.717, 1.165) is 41.8 Å². The molecule has 0 amide bonds. The molecule has 26 heavy (non-hydrogen) atoms. The summed E-state index contributed by atoms with van der Waals surface area (Å²) < 4.78 is 5.52. The summed E-state index contributed by atoms with van der Waals surface area (Å²) in [5.74, 6) is 1.69. The van der Waals surface area contributed by atoms with E-state index < -0.39 is 0 Å². The fourth-order valence-corrected chi connectivity index (χ4v) is 3.52. The van der Waals surface area contributed by atoms with E-state index in [4.69, 9.17) is 4.74 Å². The first-order valence-corrected chi connectivity index (χ1v) is 9.52. The van der Waals surface area contributed by atoms with Crippen molar-refractivity contribution in [2.45, 2.75) is 19.4 Å². The topological polar surface area (TPSA) is 61.8 Å². The molecule has 0 saturated heterocycles. The highest BCUT2D eigenvalue weighted by atomic mass is 32.1. The highest BCUT2D eigenvalue weighted by molar-refractivity contribution is 7.11. The lowest BCUT2D eigenvalue weighted by Gasteiger charge is -2.27. The molecule has 1 aromatic carbocycles. The number of rotatable bonds is 8. The Hall–Kier alpha value is -2.12. The SMILES string of the molecule is CN=C(NCCc1ncc(C)s1)NCC(c1ccccc1OC)N(C)C. The van der Waals surface area contributed by atoms with Gasteiger partial charge in [-0.15, -0.1) is 11.3 Å². The van der Waals surface area contributed by atoms with Gasteiger partial charge in [-0.2, -0.15) is 0 Å². The summed E-state index contributed by atoms with van der Waals surface area (Å²) in [7, 11) is 7.63. The maximum absolute atomic E-state index is 5.52. The molecule has 2 aromatic rings. The number of ether oxygens (including phenoxy) is 1. The second-order valence-corrected chi connectivity index (χ2v) is 7.54. The molecule has 0 aliphatic carbocycles. The third kappa shape index (κ3) is 5.71. The Morgan fingerprint density at radius 2 is 2.08 bits per heavy atom. The monoisotopic (exact) mass is 375 g/mol. The van der Waals surface area contributed by atoms with Crippen LogP contribution in [0.4, 0.5) is 0 Å². The van der Waals surface area contributed by atoms with Crippen molar-refractivity contribution in [3.8, 4) is 5.75 Å². The van der Waals surface area contributed by atoms with E-state index in [1.54, 1.807) is 25.5 Å². The summed E-state index contributed by atoms with van der Waals surface area (Å²) in [5.41, 5.74) is 1.15. The van der Waals surface area contributed by atoms with Gasteiger partial charge in [0, 0.05) is 43.2 Å².